The molecule has 0 saturated carbocycles. The average molecular weight is 368 g/mol. The molecule has 2 aromatic rings. The molecule has 0 radical (unpaired) electrons. The maximum atomic E-state index is 12.0. The number of carboxylic acids is 1. The first kappa shape index (κ1) is 20.2. The summed E-state index contributed by atoms with van der Waals surface area (Å²) in [6, 6.07) is 15.3. The summed E-state index contributed by atoms with van der Waals surface area (Å²) in [5.74, 6) is -0.890. The van der Waals surface area contributed by atoms with E-state index >= 15 is 0 Å². The standard InChI is InChI=1S/C20H19NO4.CH5N/c1-25-18-4-2-3-15(11-18)6-5-14-7-9-17(10-8-14)21-13-16(20(23)24)12-19(21)22;1-2/h2-11,16H,12-13H2,1H3,(H,23,24);2H2,1H3/b6-5+;. The fourth-order valence-corrected chi connectivity index (χ4v) is 2.83. The third-order valence-electron chi connectivity index (χ3n) is 4.24. The molecule has 0 aromatic heterocycles. The van der Waals surface area contributed by atoms with Crippen LogP contribution in [0, 0.1) is 5.92 Å². The summed E-state index contributed by atoms with van der Waals surface area (Å²) in [5.41, 5.74) is 7.25. The number of rotatable bonds is 5. The van der Waals surface area contributed by atoms with Crippen LogP contribution in [-0.2, 0) is 9.59 Å². The summed E-state index contributed by atoms with van der Waals surface area (Å²) in [7, 11) is 3.14. The number of nitrogens with zero attached hydrogens (tertiary/aromatic N) is 1. The molecule has 0 spiro atoms. The molecule has 1 heterocycles. The molecule has 1 saturated heterocycles. The van der Waals surface area contributed by atoms with E-state index in [4.69, 9.17) is 9.84 Å². The summed E-state index contributed by atoms with van der Waals surface area (Å²) in [5, 5.41) is 9.06. The minimum Gasteiger partial charge on any atom is -0.497 e. The average Bonchev–Trinajstić information content (AvgIpc) is 3.10. The molecular formula is C21H24N2O4. The number of hydrogen-bond acceptors (Lipinski definition) is 4. The summed E-state index contributed by atoms with van der Waals surface area (Å²) in [6.45, 7) is 0.229. The van der Waals surface area contributed by atoms with Gasteiger partial charge in [0.25, 0.3) is 0 Å². The van der Waals surface area contributed by atoms with Crippen LogP contribution < -0.4 is 15.4 Å². The van der Waals surface area contributed by atoms with Crippen LogP contribution >= 0.6 is 0 Å². The normalized spacial score (nSPS) is 16.2. The number of methoxy groups -OCH3 is 1. The van der Waals surface area contributed by atoms with Gasteiger partial charge in [-0.15, -0.1) is 0 Å². The number of benzene rings is 2. The van der Waals surface area contributed by atoms with E-state index in [1.165, 1.54) is 11.9 Å². The van der Waals surface area contributed by atoms with Crippen LogP contribution in [0.2, 0.25) is 0 Å². The molecule has 1 atom stereocenters. The lowest BCUT2D eigenvalue weighted by Crippen LogP contribution is -2.25. The van der Waals surface area contributed by atoms with Crippen molar-refractivity contribution in [3.05, 3.63) is 59.7 Å². The van der Waals surface area contributed by atoms with Crippen molar-refractivity contribution in [3.63, 3.8) is 0 Å². The van der Waals surface area contributed by atoms with E-state index in [-0.39, 0.29) is 18.9 Å². The Hall–Kier alpha value is -3.12. The number of hydrogen-bond donors (Lipinski definition) is 2. The van der Waals surface area contributed by atoms with E-state index in [1.54, 1.807) is 7.11 Å². The monoisotopic (exact) mass is 368 g/mol. The Bertz CT molecular complexity index is 815. The molecule has 1 aliphatic heterocycles. The van der Waals surface area contributed by atoms with Gasteiger partial charge in [-0.1, -0.05) is 36.4 Å². The van der Waals surface area contributed by atoms with Crippen molar-refractivity contribution < 1.29 is 19.4 Å². The van der Waals surface area contributed by atoms with Gasteiger partial charge in [0.1, 0.15) is 5.75 Å². The third kappa shape index (κ3) is 5.18. The Morgan fingerprint density at radius 1 is 1.15 bits per heavy atom. The Morgan fingerprint density at radius 3 is 2.41 bits per heavy atom. The first-order valence-corrected chi connectivity index (χ1v) is 8.60. The van der Waals surface area contributed by atoms with Gasteiger partial charge < -0.3 is 20.5 Å². The van der Waals surface area contributed by atoms with Gasteiger partial charge in [-0.3, -0.25) is 9.59 Å². The first-order valence-electron chi connectivity index (χ1n) is 8.60. The molecule has 27 heavy (non-hydrogen) atoms. The molecule has 1 aliphatic rings. The number of carbonyl (C=O) groups is 2. The van der Waals surface area contributed by atoms with E-state index in [2.05, 4.69) is 5.73 Å². The van der Waals surface area contributed by atoms with Gasteiger partial charge >= 0.3 is 5.97 Å². The third-order valence-corrected chi connectivity index (χ3v) is 4.24. The minimum atomic E-state index is -0.923. The van der Waals surface area contributed by atoms with Gasteiger partial charge in [-0.05, 0) is 42.4 Å². The molecule has 3 rings (SSSR count). The van der Waals surface area contributed by atoms with E-state index in [0.717, 1.165) is 22.6 Å². The Labute approximate surface area is 158 Å². The lowest BCUT2D eigenvalue weighted by Gasteiger charge is -2.16. The maximum absolute atomic E-state index is 12.0. The van der Waals surface area contributed by atoms with Crippen LogP contribution in [0.1, 0.15) is 17.5 Å². The summed E-state index contributed by atoms with van der Waals surface area (Å²) in [6.07, 6.45) is 4.02. The first-order chi connectivity index (χ1) is 13.1. The topological polar surface area (TPSA) is 92.9 Å². The van der Waals surface area contributed by atoms with Crippen LogP contribution in [0.3, 0.4) is 0 Å². The molecule has 142 valence electrons. The van der Waals surface area contributed by atoms with Crippen molar-refractivity contribution in [1.29, 1.82) is 0 Å². The number of aliphatic carboxylic acids is 1. The van der Waals surface area contributed by atoms with Gasteiger partial charge in [0.05, 0.1) is 13.0 Å². The zero-order chi connectivity index (χ0) is 19.8. The summed E-state index contributed by atoms with van der Waals surface area (Å²) in [4.78, 5) is 24.6. The Kier molecular flexibility index (Phi) is 7.14. The molecule has 3 N–H and O–H groups in total. The zero-order valence-electron chi connectivity index (χ0n) is 15.5. The highest BCUT2D eigenvalue weighted by atomic mass is 16.5. The molecule has 1 fully saturated rings. The molecule has 6 nitrogen and oxygen atoms in total. The smallest absolute Gasteiger partial charge is 0.308 e. The summed E-state index contributed by atoms with van der Waals surface area (Å²) >= 11 is 0. The molecule has 1 unspecified atom stereocenters. The van der Waals surface area contributed by atoms with Crippen LogP contribution in [0.15, 0.2) is 48.5 Å². The largest absolute Gasteiger partial charge is 0.497 e. The highest BCUT2D eigenvalue weighted by molar-refractivity contribution is 5.99. The molecule has 0 bridgehead atoms. The number of carbonyl (C=O) groups excluding carboxylic acids is 1. The molecular weight excluding hydrogens is 344 g/mol. The van der Waals surface area contributed by atoms with Crippen molar-refractivity contribution in [3.8, 4) is 5.75 Å². The zero-order valence-corrected chi connectivity index (χ0v) is 15.5. The highest BCUT2D eigenvalue weighted by Gasteiger charge is 2.34. The Balaban J connectivity index is 0.00000126. The molecule has 2 aromatic carbocycles. The van der Waals surface area contributed by atoms with Crippen LogP contribution in [0.25, 0.3) is 12.2 Å². The number of carboxylic acid groups (broad SMARTS) is 1. The van der Waals surface area contributed by atoms with Crippen LogP contribution in [0.4, 0.5) is 5.69 Å². The van der Waals surface area contributed by atoms with Crippen LogP contribution in [-0.4, -0.2) is 37.7 Å². The lowest BCUT2D eigenvalue weighted by molar-refractivity contribution is -0.141. The van der Waals surface area contributed by atoms with E-state index in [1.807, 2.05) is 60.7 Å². The van der Waals surface area contributed by atoms with E-state index in [0.29, 0.717) is 0 Å². The van der Waals surface area contributed by atoms with Crippen molar-refractivity contribution in [2.24, 2.45) is 11.7 Å². The van der Waals surface area contributed by atoms with Crippen molar-refractivity contribution in [1.82, 2.24) is 0 Å². The maximum Gasteiger partial charge on any atom is 0.308 e. The highest BCUT2D eigenvalue weighted by Crippen LogP contribution is 2.26. The lowest BCUT2D eigenvalue weighted by atomic mass is 10.1. The second-order valence-corrected chi connectivity index (χ2v) is 5.95. The van der Waals surface area contributed by atoms with Gasteiger partial charge in [0, 0.05) is 18.7 Å². The van der Waals surface area contributed by atoms with Crippen LogP contribution in [0.5, 0.6) is 5.75 Å². The number of amides is 1. The van der Waals surface area contributed by atoms with Crippen molar-refractivity contribution in [2.45, 2.75) is 6.42 Å². The van der Waals surface area contributed by atoms with E-state index in [9.17, 15) is 9.59 Å². The second kappa shape index (κ2) is 9.54. The number of ether oxygens (including phenoxy) is 1. The SMILES string of the molecule is CN.COc1cccc(/C=C/c2ccc(N3CC(C(=O)O)CC3=O)cc2)c1. The number of nitrogens with two attached hydrogens (primary N) is 1. The van der Waals surface area contributed by atoms with Gasteiger partial charge in [-0.2, -0.15) is 0 Å². The predicted molar refractivity (Wildman–Crippen MR) is 107 cm³/mol. The van der Waals surface area contributed by atoms with Gasteiger partial charge in [0.15, 0.2) is 0 Å². The predicted octanol–water partition coefficient (Wildman–Crippen LogP) is 2.88. The molecule has 0 aliphatic carbocycles. The Morgan fingerprint density at radius 2 is 1.81 bits per heavy atom. The van der Waals surface area contributed by atoms with Gasteiger partial charge in [0.2, 0.25) is 5.91 Å². The fourth-order valence-electron chi connectivity index (χ4n) is 2.83. The molecule has 1 amide bonds. The van der Waals surface area contributed by atoms with Crippen molar-refractivity contribution >= 4 is 29.7 Å². The summed E-state index contributed by atoms with van der Waals surface area (Å²) < 4.78 is 5.20. The minimum absolute atomic E-state index is 0.0623. The second-order valence-electron chi connectivity index (χ2n) is 5.95. The fraction of sp³-hybridized carbons (Fsp3) is 0.238. The molecule has 6 heteroatoms. The number of anilines is 1. The quantitative estimate of drug-likeness (QED) is 0.792. The van der Waals surface area contributed by atoms with E-state index < -0.39 is 11.9 Å². The van der Waals surface area contributed by atoms with Gasteiger partial charge in [-0.25, -0.2) is 0 Å². The van der Waals surface area contributed by atoms with Crippen molar-refractivity contribution in [2.75, 3.05) is 25.6 Å².